The number of para-hydroxylation sites is 1. The maximum absolute atomic E-state index is 6.41. The van der Waals surface area contributed by atoms with Crippen LogP contribution in [0.1, 0.15) is 74.5 Å². The molecule has 3 aromatic heterocycles. The normalized spacial score (nSPS) is 17.9. The second kappa shape index (κ2) is 16.5. The van der Waals surface area contributed by atoms with E-state index in [0.29, 0.717) is 5.92 Å². The van der Waals surface area contributed by atoms with Crippen LogP contribution in [-0.4, -0.2) is 16.3 Å². The molecule has 0 spiro atoms. The van der Waals surface area contributed by atoms with Gasteiger partial charge in [-0.2, -0.15) is 0 Å². The molecule has 3 unspecified atom stereocenters. The van der Waals surface area contributed by atoms with E-state index in [-0.39, 0.29) is 12.0 Å². The number of rotatable bonds is 4. The Hall–Kier alpha value is -6.91. The predicted molar refractivity (Wildman–Crippen MR) is 263 cm³/mol. The lowest BCUT2D eigenvalue weighted by molar-refractivity contribution is 0.546. The fourth-order valence-electron chi connectivity index (χ4n) is 9.79. The van der Waals surface area contributed by atoms with E-state index in [9.17, 15) is 0 Å². The van der Waals surface area contributed by atoms with Crippen LogP contribution in [0.5, 0.6) is 0 Å². The molecule has 0 aliphatic heterocycles. The first-order valence-electron chi connectivity index (χ1n) is 22.3. The SMILES string of the molecule is CC.CC(=NC1C=CC=CC1C)c1cccc2oc3ccc(C4C=c5c(n(-c6ccccc6)c6ccc7ccccc7c56)=CC4)cc3c12.Cc1cccc2oc3c(c12)C=CCC3. The molecule has 0 saturated carbocycles. The molecule has 0 radical (unpaired) electrons. The third-order valence-electron chi connectivity index (χ3n) is 12.8. The molecule has 3 aliphatic rings. The van der Waals surface area contributed by atoms with Crippen LogP contribution >= 0.6 is 0 Å². The average molecular weight is 809 g/mol. The highest BCUT2D eigenvalue weighted by Crippen LogP contribution is 2.37. The zero-order valence-corrected chi connectivity index (χ0v) is 36.2. The monoisotopic (exact) mass is 808 g/mol. The molecule has 0 saturated heterocycles. The van der Waals surface area contributed by atoms with E-state index in [1.54, 1.807) is 0 Å². The van der Waals surface area contributed by atoms with E-state index < -0.39 is 0 Å². The Morgan fingerprint density at radius 3 is 2.37 bits per heavy atom. The van der Waals surface area contributed by atoms with Crippen molar-refractivity contribution in [3.05, 3.63) is 190 Å². The van der Waals surface area contributed by atoms with Crippen LogP contribution in [0.25, 0.3) is 78.5 Å². The minimum atomic E-state index is 0.143. The maximum Gasteiger partial charge on any atom is 0.136 e. The highest BCUT2D eigenvalue weighted by molar-refractivity contribution is 6.18. The topological polar surface area (TPSA) is 43.6 Å². The van der Waals surface area contributed by atoms with Crippen molar-refractivity contribution in [1.29, 1.82) is 0 Å². The lowest BCUT2D eigenvalue weighted by Crippen LogP contribution is -2.31. The molecular weight excluding hydrogens is 757 g/mol. The number of aromatic nitrogens is 1. The van der Waals surface area contributed by atoms with Gasteiger partial charge in [0.1, 0.15) is 22.5 Å². The summed E-state index contributed by atoms with van der Waals surface area (Å²) in [7, 11) is 0. The molecule has 0 bridgehead atoms. The lowest BCUT2D eigenvalue weighted by Gasteiger charge is -2.17. The van der Waals surface area contributed by atoms with Gasteiger partial charge in [-0.1, -0.05) is 148 Å². The Labute approximate surface area is 363 Å². The van der Waals surface area contributed by atoms with Gasteiger partial charge in [-0.3, -0.25) is 4.99 Å². The van der Waals surface area contributed by atoms with E-state index in [4.69, 9.17) is 13.8 Å². The van der Waals surface area contributed by atoms with E-state index in [1.807, 2.05) is 13.8 Å². The molecule has 306 valence electrons. The molecule has 6 aromatic carbocycles. The third kappa shape index (κ3) is 6.84. The number of aryl methyl sites for hydroxylation is 2. The van der Waals surface area contributed by atoms with Gasteiger partial charge in [0.15, 0.2) is 0 Å². The molecular formula is C58H52N2O2. The number of allylic oxidation sites excluding steroid dienone is 3. The van der Waals surface area contributed by atoms with Crippen LogP contribution in [0.4, 0.5) is 0 Å². The van der Waals surface area contributed by atoms with Gasteiger partial charge in [0.05, 0.1) is 11.6 Å². The molecule has 3 atom stereocenters. The summed E-state index contributed by atoms with van der Waals surface area (Å²) in [5, 5.41) is 10.1. The first-order chi connectivity index (χ1) is 30.5. The summed E-state index contributed by atoms with van der Waals surface area (Å²) in [6.45, 7) is 10.5. The fourth-order valence-corrected chi connectivity index (χ4v) is 9.79. The van der Waals surface area contributed by atoms with Crippen molar-refractivity contribution in [1.82, 2.24) is 4.57 Å². The zero-order chi connectivity index (χ0) is 42.3. The molecule has 3 heterocycles. The number of aliphatic imine (C=N–C) groups is 1. The standard InChI is InChI=1S/C43H34N2O.C13H12O.C2H6/c1-27-11-6-9-17-37(27)44-28(2)33-16-10-18-41-43(33)36-26-31(21-24-40(36)46-41)30-20-22-38-35(25-30)42-34-15-8-7-12-29(34)19-23-39(42)45(38)32-13-4-3-5-14-32;1-9-5-4-8-12-13(9)10-6-2-3-7-11(10)14-12;1-2/h3-19,21-27,30,37H,20H2,1-2H3;2,4-6,8H,3,7H2,1H3;1-2H3. The molecule has 4 heteroatoms. The quantitative estimate of drug-likeness (QED) is 0.166. The summed E-state index contributed by atoms with van der Waals surface area (Å²) in [6.07, 6.45) is 21.1. The highest BCUT2D eigenvalue weighted by atomic mass is 16.3. The van der Waals surface area contributed by atoms with Crippen molar-refractivity contribution in [3.8, 4) is 5.69 Å². The van der Waals surface area contributed by atoms with Crippen molar-refractivity contribution in [2.75, 3.05) is 0 Å². The predicted octanol–water partition coefficient (Wildman–Crippen LogP) is 14.1. The minimum absolute atomic E-state index is 0.143. The molecule has 0 amide bonds. The summed E-state index contributed by atoms with van der Waals surface area (Å²) in [5.41, 5.74) is 11.4. The summed E-state index contributed by atoms with van der Waals surface area (Å²) in [5.74, 6) is 1.77. The summed E-state index contributed by atoms with van der Waals surface area (Å²) >= 11 is 0. The Kier molecular flexibility index (Phi) is 10.5. The van der Waals surface area contributed by atoms with Crippen LogP contribution in [0.15, 0.2) is 166 Å². The Morgan fingerprint density at radius 1 is 0.726 bits per heavy atom. The summed E-state index contributed by atoms with van der Waals surface area (Å²) < 4.78 is 14.7. The van der Waals surface area contributed by atoms with Gasteiger partial charge in [0.2, 0.25) is 0 Å². The van der Waals surface area contributed by atoms with Crippen LogP contribution in [0.3, 0.4) is 0 Å². The van der Waals surface area contributed by atoms with Gasteiger partial charge in [-0.15, -0.1) is 0 Å². The van der Waals surface area contributed by atoms with E-state index in [2.05, 4.69) is 195 Å². The first-order valence-corrected chi connectivity index (χ1v) is 22.3. The van der Waals surface area contributed by atoms with E-state index >= 15 is 0 Å². The molecule has 3 aliphatic carbocycles. The average Bonchev–Trinajstić information content (AvgIpc) is 4.00. The largest absolute Gasteiger partial charge is 0.460 e. The van der Waals surface area contributed by atoms with Gasteiger partial charge < -0.3 is 13.4 Å². The lowest BCUT2D eigenvalue weighted by atomic mass is 9.89. The van der Waals surface area contributed by atoms with E-state index in [0.717, 1.165) is 63.8 Å². The van der Waals surface area contributed by atoms with Gasteiger partial charge >= 0.3 is 0 Å². The molecule has 9 aromatic rings. The maximum atomic E-state index is 6.41. The van der Waals surface area contributed by atoms with Crippen LogP contribution in [0, 0.1) is 12.8 Å². The molecule has 12 rings (SSSR count). The van der Waals surface area contributed by atoms with Crippen molar-refractivity contribution in [2.45, 2.75) is 65.8 Å². The fraction of sp³-hybridized carbons (Fsp3) is 0.190. The Morgan fingerprint density at radius 2 is 1.52 bits per heavy atom. The van der Waals surface area contributed by atoms with E-state index in [1.165, 1.54) is 60.0 Å². The van der Waals surface area contributed by atoms with Gasteiger partial charge in [-0.05, 0) is 91.1 Å². The Balaban J connectivity index is 0.000000240. The van der Waals surface area contributed by atoms with Crippen LogP contribution in [0.2, 0.25) is 0 Å². The second-order valence-electron chi connectivity index (χ2n) is 16.6. The number of furan rings is 2. The first kappa shape index (κ1) is 39.2. The van der Waals surface area contributed by atoms with Crippen molar-refractivity contribution in [3.63, 3.8) is 0 Å². The summed E-state index contributed by atoms with van der Waals surface area (Å²) in [6, 6.07) is 43.5. The number of fused-ring (bicyclic) bond motifs is 11. The smallest absolute Gasteiger partial charge is 0.136 e. The highest BCUT2D eigenvalue weighted by Gasteiger charge is 2.21. The van der Waals surface area contributed by atoms with Gasteiger partial charge in [-0.25, -0.2) is 0 Å². The van der Waals surface area contributed by atoms with Gasteiger partial charge in [0, 0.05) is 72.9 Å². The van der Waals surface area contributed by atoms with Gasteiger partial charge in [0.25, 0.3) is 0 Å². The molecule has 0 fully saturated rings. The third-order valence-corrected chi connectivity index (χ3v) is 12.8. The van der Waals surface area contributed by atoms with Crippen LogP contribution < -0.4 is 10.6 Å². The Bertz CT molecular complexity index is 3400. The van der Waals surface area contributed by atoms with Crippen molar-refractivity contribution in [2.24, 2.45) is 10.9 Å². The van der Waals surface area contributed by atoms with Crippen molar-refractivity contribution >= 4 is 78.5 Å². The van der Waals surface area contributed by atoms with Crippen LogP contribution in [-0.2, 0) is 6.42 Å². The molecule has 4 nitrogen and oxygen atoms in total. The number of benzene rings is 6. The summed E-state index contributed by atoms with van der Waals surface area (Å²) in [4.78, 5) is 5.17. The number of hydrogen-bond donors (Lipinski definition) is 0. The van der Waals surface area contributed by atoms with Crippen molar-refractivity contribution < 1.29 is 8.83 Å². The zero-order valence-electron chi connectivity index (χ0n) is 36.2. The molecule has 0 N–H and O–H groups in total. The molecule has 62 heavy (non-hydrogen) atoms. The second-order valence-corrected chi connectivity index (χ2v) is 16.6. The number of hydrogen-bond acceptors (Lipinski definition) is 3. The minimum Gasteiger partial charge on any atom is -0.460 e. The number of nitrogens with zero attached hydrogens (tertiary/aromatic N) is 2.